The Morgan fingerprint density at radius 1 is 1.07 bits per heavy atom. The number of carbonyl (C=O) groups is 1. The van der Waals surface area contributed by atoms with Crippen LogP contribution in [0.4, 0.5) is 0 Å². The van der Waals surface area contributed by atoms with Crippen molar-refractivity contribution in [3.8, 4) is 11.3 Å². The van der Waals surface area contributed by atoms with Crippen molar-refractivity contribution in [2.45, 2.75) is 26.4 Å². The van der Waals surface area contributed by atoms with E-state index in [9.17, 15) is 4.79 Å². The summed E-state index contributed by atoms with van der Waals surface area (Å²) in [4.78, 5) is 16.7. The van der Waals surface area contributed by atoms with Crippen LogP contribution in [0.5, 0.6) is 0 Å². The molecule has 0 saturated carbocycles. The Morgan fingerprint density at radius 3 is 2.48 bits per heavy atom. The summed E-state index contributed by atoms with van der Waals surface area (Å²) in [5, 5.41) is 10.7. The second kappa shape index (κ2) is 8.84. The molecule has 0 bridgehead atoms. The lowest BCUT2D eigenvalue weighted by molar-refractivity contribution is -0.120. The lowest BCUT2D eigenvalue weighted by atomic mass is 10.1. The van der Waals surface area contributed by atoms with Crippen molar-refractivity contribution >= 4 is 17.2 Å². The van der Waals surface area contributed by atoms with Gasteiger partial charge in [-0.05, 0) is 12.5 Å². The van der Waals surface area contributed by atoms with Gasteiger partial charge in [-0.1, -0.05) is 60.7 Å². The lowest BCUT2D eigenvalue weighted by Crippen LogP contribution is -2.24. The van der Waals surface area contributed by atoms with Gasteiger partial charge in [0.15, 0.2) is 0 Å². The first kappa shape index (κ1) is 19.1. The monoisotopic (exact) mass is 402 g/mol. The highest BCUT2D eigenvalue weighted by atomic mass is 32.1. The van der Waals surface area contributed by atoms with Gasteiger partial charge in [0.25, 0.3) is 0 Å². The number of carbonyl (C=O) groups excluding carboxylic acids is 1. The van der Waals surface area contributed by atoms with E-state index in [0.29, 0.717) is 19.5 Å². The Hall–Kier alpha value is -3.25. The molecule has 0 atom stereocenters. The molecule has 5 nitrogen and oxygen atoms in total. The van der Waals surface area contributed by atoms with E-state index in [-0.39, 0.29) is 5.91 Å². The maximum Gasteiger partial charge on any atom is 0.226 e. The van der Waals surface area contributed by atoms with Gasteiger partial charge in [-0.2, -0.15) is 5.10 Å². The van der Waals surface area contributed by atoms with Crippen LogP contribution in [-0.4, -0.2) is 20.7 Å². The fourth-order valence-electron chi connectivity index (χ4n) is 3.19. The van der Waals surface area contributed by atoms with Gasteiger partial charge in [-0.3, -0.25) is 9.48 Å². The maximum atomic E-state index is 12.4. The van der Waals surface area contributed by atoms with Crippen LogP contribution in [-0.2, 0) is 24.3 Å². The van der Waals surface area contributed by atoms with Crippen molar-refractivity contribution in [3.63, 3.8) is 0 Å². The summed E-state index contributed by atoms with van der Waals surface area (Å²) >= 11 is 1.56. The third kappa shape index (κ3) is 4.97. The minimum absolute atomic E-state index is 0.0369. The molecule has 0 aliphatic rings. The van der Waals surface area contributed by atoms with Crippen LogP contribution in [0.3, 0.4) is 0 Å². The SMILES string of the molecule is Cc1nc(CC(=O)NCc2cn(Cc3ccccc3)nc2-c2ccccc2)cs1. The summed E-state index contributed by atoms with van der Waals surface area (Å²) in [7, 11) is 0. The maximum absolute atomic E-state index is 12.4. The van der Waals surface area contributed by atoms with Crippen molar-refractivity contribution in [3.05, 3.63) is 94.1 Å². The van der Waals surface area contributed by atoms with E-state index in [2.05, 4.69) is 22.4 Å². The fourth-order valence-corrected chi connectivity index (χ4v) is 3.81. The average molecular weight is 403 g/mol. The molecule has 2 heterocycles. The van der Waals surface area contributed by atoms with Gasteiger partial charge in [-0.15, -0.1) is 11.3 Å². The molecule has 1 amide bonds. The van der Waals surface area contributed by atoms with Crippen LogP contribution >= 0.6 is 11.3 Å². The first-order chi connectivity index (χ1) is 14.2. The van der Waals surface area contributed by atoms with Gasteiger partial charge in [-0.25, -0.2) is 4.98 Å². The van der Waals surface area contributed by atoms with E-state index in [0.717, 1.165) is 27.5 Å². The molecular formula is C23H22N4OS. The number of aryl methyl sites for hydroxylation is 1. The molecule has 0 aliphatic carbocycles. The van der Waals surface area contributed by atoms with Crippen LogP contribution in [0, 0.1) is 6.92 Å². The molecular weight excluding hydrogens is 380 g/mol. The first-order valence-electron chi connectivity index (χ1n) is 9.51. The van der Waals surface area contributed by atoms with Crippen LogP contribution in [0.2, 0.25) is 0 Å². The zero-order valence-electron chi connectivity index (χ0n) is 16.2. The third-order valence-corrected chi connectivity index (χ3v) is 5.38. The van der Waals surface area contributed by atoms with Crippen LogP contribution in [0.25, 0.3) is 11.3 Å². The molecule has 4 rings (SSSR count). The Balaban J connectivity index is 1.51. The summed E-state index contributed by atoms with van der Waals surface area (Å²) in [6, 6.07) is 20.3. The van der Waals surface area contributed by atoms with Crippen LogP contribution in [0.1, 0.15) is 21.8 Å². The second-order valence-corrected chi connectivity index (χ2v) is 7.93. The molecule has 2 aromatic heterocycles. The Labute approximate surface area is 174 Å². The second-order valence-electron chi connectivity index (χ2n) is 6.86. The van der Waals surface area contributed by atoms with Gasteiger partial charge in [0.05, 0.1) is 29.4 Å². The minimum Gasteiger partial charge on any atom is -0.352 e. The molecule has 1 N–H and O–H groups in total. The van der Waals surface area contributed by atoms with E-state index in [1.165, 1.54) is 5.56 Å². The largest absolute Gasteiger partial charge is 0.352 e. The molecule has 0 fully saturated rings. The van der Waals surface area contributed by atoms with Gasteiger partial charge < -0.3 is 5.32 Å². The number of thiazole rings is 1. The van der Waals surface area contributed by atoms with E-state index in [4.69, 9.17) is 5.10 Å². The number of nitrogens with one attached hydrogen (secondary N) is 1. The number of nitrogens with zero attached hydrogens (tertiary/aromatic N) is 3. The number of aromatic nitrogens is 3. The standard InChI is InChI=1S/C23H22N4OS/c1-17-25-21(16-29-17)12-22(28)24-13-20-15-27(14-18-8-4-2-5-9-18)26-23(20)19-10-6-3-7-11-19/h2-11,15-16H,12-14H2,1H3,(H,24,28). The fraction of sp³-hybridized carbons (Fsp3) is 0.174. The molecule has 2 aromatic carbocycles. The highest BCUT2D eigenvalue weighted by molar-refractivity contribution is 7.09. The summed E-state index contributed by atoms with van der Waals surface area (Å²) in [6.07, 6.45) is 2.31. The molecule has 29 heavy (non-hydrogen) atoms. The molecule has 146 valence electrons. The minimum atomic E-state index is -0.0369. The predicted octanol–water partition coefficient (Wildman–Crippen LogP) is 4.22. The molecule has 6 heteroatoms. The molecule has 4 aromatic rings. The Morgan fingerprint density at radius 2 is 1.79 bits per heavy atom. The number of amides is 1. The third-order valence-electron chi connectivity index (χ3n) is 4.56. The number of hydrogen-bond donors (Lipinski definition) is 1. The van der Waals surface area contributed by atoms with Crippen molar-refractivity contribution < 1.29 is 4.79 Å². The normalized spacial score (nSPS) is 10.8. The smallest absolute Gasteiger partial charge is 0.226 e. The highest BCUT2D eigenvalue weighted by Gasteiger charge is 2.13. The molecule has 0 spiro atoms. The van der Waals surface area contributed by atoms with E-state index < -0.39 is 0 Å². The van der Waals surface area contributed by atoms with E-state index in [1.807, 2.05) is 71.7 Å². The quantitative estimate of drug-likeness (QED) is 0.503. The van der Waals surface area contributed by atoms with Gasteiger partial charge in [0, 0.05) is 29.2 Å². The van der Waals surface area contributed by atoms with E-state index in [1.54, 1.807) is 11.3 Å². The topological polar surface area (TPSA) is 59.8 Å². The highest BCUT2D eigenvalue weighted by Crippen LogP contribution is 2.22. The van der Waals surface area contributed by atoms with Crippen molar-refractivity contribution in [1.29, 1.82) is 0 Å². The predicted molar refractivity (Wildman–Crippen MR) is 116 cm³/mol. The lowest BCUT2D eigenvalue weighted by Gasteiger charge is -2.05. The molecule has 0 aliphatic heterocycles. The molecule has 0 radical (unpaired) electrons. The summed E-state index contributed by atoms with van der Waals surface area (Å²) in [5.41, 5.74) is 4.93. The summed E-state index contributed by atoms with van der Waals surface area (Å²) in [5.74, 6) is -0.0369. The van der Waals surface area contributed by atoms with Crippen LogP contribution in [0.15, 0.2) is 72.2 Å². The van der Waals surface area contributed by atoms with Crippen molar-refractivity contribution in [1.82, 2.24) is 20.1 Å². The van der Waals surface area contributed by atoms with Crippen LogP contribution < -0.4 is 5.32 Å². The van der Waals surface area contributed by atoms with Gasteiger partial charge >= 0.3 is 0 Å². The molecule has 0 saturated heterocycles. The van der Waals surface area contributed by atoms with Gasteiger partial charge in [0.2, 0.25) is 5.91 Å². The zero-order chi connectivity index (χ0) is 20.1. The molecule has 0 unspecified atom stereocenters. The summed E-state index contributed by atoms with van der Waals surface area (Å²) in [6.45, 7) is 3.06. The zero-order valence-corrected chi connectivity index (χ0v) is 17.0. The number of hydrogen-bond acceptors (Lipinski definition) is 4. The average Bonchev–Trinajstić information content (AvgIpc) is 3.33. The van der Waals surface area contributed by atoms with Crippen molar-refractivity contribution in [2.75, 3.05) is 0 Å². The summed E-state index contributed by atoms with van der Waals surface area (Å²) < 4.78 is 1.93. The number of rotatable bonds is 7. The van der Waals surface area contributed by atoms with E-state index >= 15 is 0 Å². The van der Waals surface area contributed by atoms with Gasteiger partial charge in [0.1, 0.15) is 0 Å². The van der Waals surface area contributed by atoms with Crippen molar-refractivity contribution in [2.24, 2.45) is 0 Å². The number of benzene rings is 2. The first-order valence-corrected chi connectivity index (χ1v) is 10.4. The Kier molecular flexibility index (Phi) is 5.81. The Bertz CT molecular complexity index is 1090.